The van der Waals surface area contributed by atoms with E-state index in [9.17, 15) is 0 Å². The third kappa shape index (κ3) is 51.7. The molecule has 0 bridgehead atoms. The van der Waals surface area contributed by atoms with E-state index in [1.807, 2.05) is 0 Å². The molecule has 0 amide bonds. The Labute approximate surface area is 49.3 Å². The molecule has 0 heterocycles. The molecular weight excluding hydrogens is 202 g/mol. The van der Waals surface area contributed by atoms with Crippen LogP contribution in [0.3, 0.4) is 0 Å². The van der Waals surface area contributed by atoms with Crippen LogP contribution in [0.25, 0.3) is 0 Å². The Kier molecular flexibility index (Phi) is 9.10. The second-order valence-electron chi connectivity index (χ2n) is 0.231. The molecule has 0 fully saturated rings. The van der Waals surface area contributed by atoms with E-state index >= 15 is 0 Å². The Morgan fingerprint density at radius 1 is 1.40 bits per heavy atom. The van der Waals surface area contributed by atoms with Gasteiger partial charge in [-0.1, -0.05) is 0 Å². The zero-order valence-electron chi connectivity index (χ0n) is 2.16. The summed E-state index contributed by atoms with van der Waals surface area (Å²) in [7, 11) is 0. The minimum absolute atomic E-state index is 0. The van der Waals surface area contributed by atoms with Crippen molar-refractivity contribution in [2.75, 3.05) is 0 Å². The Bertz CT molecular complexity index is 29.9. The summed E-state index contributed by atoms with van der Waals surface area (Å²) in [5.41, 5.74) is 0. The van der Waals surface area contributed by atoms with Crippen LogP contribution < -0.4 is 0 Å². The minimum Gasteiger partial charge on any atom is -0.284 e. The second-order valence-corrected chi connectivity index (χ2v) is 0.692. The van der Waals surface area contributed by atoms with Crippen LogP contribution in [0.15, 0.2) is 0 Å². The molecule has 0 aliphatic rings. The first-order chi connectivity index (χ1) is 1.73. The molecule has 0 aromatic carbocycles. The van der Waals surface area contributed by atoms with Gasteiger partial charge in [0.1, 0.15) is 0 Å². The van der Waals surface area contributed by atoms with Gasteiger partial charge in [-0.3, -0.25) is 9.11 Å². The first kappa shape index (κ1) is 9.31. The van der Waals surface area contributed by atoms with Gasteiger partial charge in [0.15, 0.2) is 0 Å². The van der Waals surface area contributed by atoms with Crippen molar-refractivity contribution in [1.82, 2.24) is 0 Å². The average molecular weight is 204 g/mol. The van der Waals surface area contributed by atoms with E-state index in [1.54, 1.807) is 0 Å². The first-order valence-electron chi connectivity index (χ1n) is 0.532. The van der Waals surface area contributed by atoms with Crippen LogP contribution in [0, 0.1) is 0 Å². The Morgan fingerprint density at radius 2 is 1.40 bits per heavy atom. The van der Waals surface area contributed by atoms with Crippen LogP contribution in [0.2, 0.25) is 0 Å². The van der Waals surface area contributed by atoms with Gasteiger partial charge in [-0.2, -0.15) is 4.21 Å². The fourth-order valence-corrected chi connectivity index (χ4v) is 0. The summed E-state index contributed by atoms with van der Waals surface area (Å²) in [4.78, 5) is 0. The molecule has 0 aromatic rings. The predicted molar refractivity (Wildman–Crippen MR) is 19.2 cm³/mol. The third-order valence-corrected chi connectivity index (χ3v) is 0. The largest absolute Gasteiger partial charge is 0.299 e. The van der Waals surface area contributed by atoms with Crippen LogP contribution in [0.4, 0.5) is 0 Å². The fourth-order valence-electron chi connectivity index (χ4n) is 0. The number of rotatable bonds is 0. The molecule has 2 N–H and O–H groups in total. The third-order valence-electron chi connectivity index (χ3n) is 0. The van der Waals surface area contributed by atoms with Crippen LogP contribution in [-0.4, -0.2) is 37.7 Å². The topological polar surface area (TPSA) is 57.5 Å². The van der Waals surface area contributed by atoms with Gasteiger partial charge < -0.3 is 0 Å². The maximum Gasteiger partial charge on any atom is 0.299 e. The van der Waals surface area contributed by atoms with Crippen molar-refractivity contribution in [1.29, 1.82) is 0 Å². The van der Waals surface area contributed by atoms with Crippen LogP contribution in [0.5, 0.6) is 0 Å². The Balaban J connectivity index is 0. The molecule has 0 atom stereocenters. The quantitative estimate of drug-likeness (QED) is 0.405. The monoisotopic (exact) mass is 203 g/mol. The number of hydrogen-bond acceptors (Lipinski definition) is 1. The molecule has 3 radical (unpaired) electrons. The predicted octanol–water partition coefficient (Wildman–Crippen LogP) is -0.700. The fraction of sp³-hybridized carbons (Fsp3) is 0. The Hall–Kier alpha value is 0.888. The van der Waals surface area contributed by atoms with E-state index in [4.69, 9.17) is 13.3 Å². The zero-order chi connectivity index (χ0) is 3.58. The minimum atomic E-state index is -2.61. The van der Waals surface area contributed by atoms with Crippen LogP contribution in [0.1, 0.15) is 0 Å². The van der Waals surface area contributed by atoms with Crippen molar-refractivity contribution in [2.24, 2.45) is 0 Å². The van der Waals surface area contributed by atoms with Crippen molar-refractivity contribution in [3.8, 4) is 0 Å². The molecule has 0 aliphatic heterocycles. The first-order valence-corrected chi connectivity index (χ1v) is 1.60. The second kappa shape index (κ2) is 4.89. The van der Waals surface area contributed by atoms with Crippen molar-refractivity contribution < 1.29 is 13.3 Å². The van der Waals surface area contributed by atoms with E-state index in [1.165, 1.54) is 0 Å². The molecule has 0 rings (SSSR count). The van der Waals surface area contributed by atoms with Crippen molar-refractivity contribution in [2.45, 2.75) is 0 Å². The summed E-state index contributed by atoms with van der Waals surface area (Å²) in [6.45, 7) is 0. The van der Waals surface area contributed by atoms with Crippen molar-refractivity contribution in [3.05, 3.63) is 0 Å². The van der Waals surface area contributed by atoms with Gasteiger partial charge in [0.05, 0.1) is 0 Å². The molecule has 0 spiro atoms. The van der Waals surface area contributed by atoms with E-state index in [2.05, 4.69) is 0 Å². The Morgan fingerprint density at radius 3 is 1.40 bits per heavy atom. The average Bonchev–Trinajstić information content (AvgIpc) is 0.811. The maximum absolute atomic E-state index is 8.67. The zero-order valence-corrected chi connectivity index (χ0v) is 5.53. The summed E-state index contributed by atoms with van der Waals surface area (Å²) in [5, 5.41) is 0. The van der Waals surface area contributed by atoms with Crippen molar-refractivity contribution in [3.63, 3.8) is 0 Å². The van der Waals surface area contributed by atoms with Gasteiger partial charge in [0.25, 0.3) is 11.4 Å². The summed E-state index contributed by atoms with van der Waals surface area (Å²) < 4.78 is 22.8. The van der Waals surface area contributed by atoms with E-state index < -0.39 is 11.4 Å². The van der Waals surface area contributed by atoms with Crippen LogP contribution >= 0.6 is 0 Å². The molecule has 5 heavy (non-hydrogen) atoms. The number of hydrogen-bond donors (Lipinski definition) is 2. The summed E-state index contributed by atoms with van der Waals surface area (Å²) >= 11 is -2.61. The molecule has 0 aliphatic carbocycles. The SMILES string of the molecule is O=S(O)O.[Sb]. The van der Waals surface area contributed by atoms with E-state index in [0.717, 1.165) is 0 Å². The van der Waals surface area contributed by atoms with E-state index in [0.29, 0.717) is 0 Å². The van der Waals surface area contributed by atoms with Gasteiger partial charge in [0.2, 0.25) is 0 Å². The molecule has 0 saturated carbocycles. The molecule has 0 aromatic heterocycles. The summed E-state index contributed by atoms with van der Waals surface area (Å²) in [6, 6.07) is 0. The standard InChI is InChI=1S/H2O3S.Sb/c1-4(2)3;/h(H2,1,2,3);. The molecule has 3 nitrogen and oxygen atoms in total. The summed E-state index contributed by atoms with van der Waals surface area (Å²) in [5.74, 6) is 0. The molecular formula is H2O3SSb. The van der Waals surface area contributed by atoms with Crippen molar-refractivity contribution >= 4 is 35.8 Å². The summed E-state index contributed by atoms with van der Waals surface area (Å²) in [6.07, 6.45) is 0. The smallest absolute Gasteiger partial charge is 0.284 e. The van der Waals surface area contributed by atoms with Gasteiger partial charge in [-0.25, -0.2) is 0 Å². The molecule has 31 valence electrons. The van der Waals surface area contributed by atoms with E-state index in [-0.39, 0.29) is 24.4 Å². The van der Waals surface area contributed by atoms with Gasteiger partial charge in [-0.15, -0.1) is 0 Å². The van der Waals surface area contributed by atoms with Gasteiger partial charge >= 0.3 is 0 Å². The maximum atomic E-state index is 8.67. The molecule has 5 heteroatoms. The van der Waals surface area contributed by atoms with Crippen LogP contribution in [-0.2, 0) is 11.4 Å². The molecule has 0 saturated heterocycles. The van der Waals surface area contributed by atoms with Gasteiger partial charge in [0, 0.05) is 24.4 Å². The molecule has 0 unspecified atom stereocenters. The normalized spacial score (nSPS) is 7.00. The van der Waals surface area contributed by atoms with Gasteiger partial charge in [-0.05, 0) is 0 Å².